The van der Waals surface area contributed by atoms with Gasteiger partial charge in [0.15, 0.2) is 0 Å². The normalized spacial score (nSPS) is 28.7. The Bertz CT molecular complexity index is 713. The average Bonchev–Trinajstić information content (AvgIpc) is 2.60. The van der Waals surface area contributed by atoms with Crippen molar-refractivity contribution in [2.75, 3.05) is 26.2 Å². The van der Waals surface area contributed by atoms with Crippen molar-refractivity contribution in [2.45, 2.75) is 50.9 Å². The molecule has 5 nitrogen and oxygen atoms in total. The first-order chi connectivity index (χ1) is 13.4. The van der Waals surface area contributed by atoms with Gasteiger partial charge in [0, 0.05) is 44.6 Å². The van der Waals surface area contributed by atoms with Gasteiger partial charge in [0.25, 0.3) is 0 Å². The molecule has 1 saturated carbocycles. The zero-order valence-electron chi connectivity index (χ0n) is 16.0. The van der Waals surface area contributed by atoms with E-state index in [1.165, 1.54) is 6.07 Å². The molecule has 1 amide bonds. The van der Waals surface area contributed by atoms with E-state index in [4.69, 9.17) is 0 Å². The molecule has 4 rings (SSSR count). The molecule has 0 unspecified atom stereocenters. The van der Waals surface area contributed by atoms with E-state index in [9.17, 15) is 18.7 Å². The minimum Gasteiger partial charge on any atom is -0.435 e. The number of amides is 1. The number of piperidine rings is 2. The van der Waals surface area contributed by atoms with Crippen LogP contribution in [0, 0.1) is 11.8 Å². The third kappa shape index (κ3) is 4.15. The number of nitrogens with zero attached hydrogens (tertiary/aromatic N) is 2. The lowest BCUT2D eigenvalue weighted by atomic mass is 9.74. The number of benzene rings is 1. The van der Waals surface area contributed by atoms with Crippen LogP contribution in [0.2, 0.25) is 0 Å². The van der Waals surface area contributed by atoms with Gasteiger partial charge in [-0.25, -0.2) is 0 Å². The molecular formula is C21H28F2N2O3. The molecule has 1 N–H and O–H groups in total. The van der Waals surface area contributed by atoms with Gasteiger partial charge >= 0.3 is 6.61 Å². The zero-order valence-corrected chi connectivity index (χ0v) is 16.0. The molecule has 3 fully saturated rings. The number of fused-ring (bicyclic) bond motifs is 1. The van der Waals surface area contributed by atoms with E-state index in [0.29, 0.717) is 39.0 Å². The van der Waals surface area contributed by atoms with E-state index in [1.54, 1.807) is 12.1 Å². The van der Waals surface area contributed by atoms with Crippen molar-refractivity contribution in [3.8, 4) is 5.75 Å². The predicted octanol–water partition coefficient (Wildman–Crippen LogP) is 2.87. The molecule has 2 saturated heterocycles. The highest BCUT2D eigenvalue weighted by Gasteiger charge is 2.46. The van der Waals surface area contributed by atoms with Gasteiger partial charge in [-0.15, -0.1) is 0 Å². The lowest BCUT2D eigenvalue weighted by molar-refractivity contribution is -0.153. The summed E-state index contributed by atoms with van der Waals surface area (Å²) in [7, 11) is 0. The molecule has 7 heteroatoms. The van der Waals surface area contributed by atoms with E-state index in [1.807, 2.05) is 11.0 Å². The summed E-state index contributed by atoms with van der Waals surface area (Å²) in [5.41, 5.74) is 0.204. The Morgan fingerprint density at radius 3 is 2.75 bits per heavy atom. The number of ether oxygens (including phenoxy) is 1. The quantitative estimate of drug-likeness (QED) is 0.835. The second-order valence-electron chi connectivity index (χ2n) is 8.47. The largest absolute Gasteiger partial charge is 0.435 e. The van der Waals surface area contributed by atoms with Gasteiger partial charge in [-0.05, 0) is 43.4 Å². The molecule has 1 aromatic rings. The van der Waals surface area contributed by atoms with E-state index in [-0.39, 0.29) is 23.5 Å². The topological polar surface area (TPSA) is 53.0 Å². The van der Waals surface area contributed by atoms with Crippen LogP contribution in [-0.4, -0.2) is 59.2 Å². The summed E-state index contributed by atoms with van der Waals surface area (Å²) in [4.78, 5) is 16.8. The molecule has 0 radical (unpaired) electrons. The van der Waals surface area contributed by atoms with Crippen LogP contribution in [0.5, 0.6) is 5.75 Å². The van der Waals surface area contributed by atoms with Gasteiger partial charge < -0.3 is 14.7 Å². The van der Waals surface area contributed by atoms with Crippen molar-refractivity contribution in [1.29, 1.82) is 0 Å². The number of hydrogen-bond acceptors (Lipinski definition) is 4. The highest BCUT2D eigenvalue weighted by Crippen LogP contribution is 2.38. The van der Waals surface area contributed by atoms with E-state index < -0.39 is 12.2 Å². The Morgan fingerprint density at radius 1 is 1.25 bits per heavy atom. The minimum atomic E-state index is -2.83. The number of alkyl halides is 2. The van der Waals surface area contributed by atoms with Crippen LogP contribution in [0.1, 0.15) is 37.7 Å². The van der Waals surface area contributed by atoms with Crippen LogP contribution in [0.4, 0.5) is 8.78 Å². The molecule has 0 aromatic heterocycles. The fraction of sp³-hybridized carbons (Fsp3) is 0.667. The van der Waals surface area contributed by atoms with Gasteiger partial charge in [0.05, 0.1) is 5.60 Å². The first kappa shape index (κ1) is 19.6. The number of halogens is 2. The maximum Gasteiger partial charge on any atom is 0.387 e. The number of aliphatic hydroxyl groups is 1. The first-order valence-corrected chi connectivity index (χ1v) is 10.2. The highest BCUT2D eigenvalue weighted by atomic mass is 19.3. The zero-order chi connectivity index (χ0) is 19.7. The van der Waals surface area contributed by atoms with Gasteiger partial charge in [0.2, 0.25) is 5.91 Å². The van der Waals surface area contributed by atoms with Crippen LogP contribution in [0.3, 0.4) is 0 Å². The molecule has 1 aromatic carbocycles. The van der Waals surface area contributed by atoms with Crippen LogP contribution in [0.15, 0.2) is 24.3 Å². The van der Waals surface area contributed by atoms with E-state index in [2.05, 4.69) is 9.64 Å². The lowest BCUT2D eigenvalue weighted by Crippen LogP contribution is -2.61. The first-order valence-electron chi connectivity index (χ1n) is 10.2. The standard InChI is InChI=1S/C21H28F2N2O3/c22-20(23)28-18-6-1-3-15(11-18)12-24-9-7-21(27)8-10-25(14-17(21)13-24)19(26)16-4-2-5-16/h1,3,6,11,16-17,20,27H,2,4-5,7-10,12-14H2/t17-,21-/m0/s1. The Hall–Kier alpha value is -1.73. The highest BCUT2D eigenvalue weighted by molar-refractivity contribution is 5.79. The Labute approximate surface area is 164 Å². The maximum atomic E-state index is 12.6. The lowest BCUT2D eigenvalue weighted by Gasteiger charge is -2.51. The number of rotatable bonds is 5. The molecule has 2 heterocycles. The second-order valence-corrected chi connectivity index (χ2v) is 8.47. The van der Waals surface area contributed by atoms with Crippen LogP contribution in [0.25, 0.3) is 0 Å². The maximum absolute atomic E-state index is 12.6. The summed E-state index contributed by atoms with van der Waals surface area (Å²) in [6, 6.07) is 6.77. The van der Waals surface area contributed by atoms with E-state index in [0.717, 1.165) is 31.4 Å². The third-order valence-corrected chi connectivity index (χ3v) is 6.65. The molecule has 1 aliphatic carbocycles. The van der Waals surface area contributed by atoms with E-state index >= 15 is 0 Å². The summed E-state index contributed by atoms with van der Waals surface area (Å²) >= 11 is 0. The van der Waals surface area contributed by atoms with Crippen molar-refractivity contribution in [3.05, 3.63) is 29.8 Å². The van der Waals surface area contributed by atoms with Gasteiger partial charge in [0.1, 0.15) is 5.75 Å². The van der Waals surface area contributed by atoms with Crippen molar-refractivity contribution in [2.24, 2.45) is 11.8 Å². The van der Waals surface area contributed by atoms with Gasteiger partial charge in [-0.2, -0.15) is 8.78 Å². The molecular weight excluding hydrogens is 366 g/mol. The molecule has 0 bridgehead atoms. The fourth-order valence-corrected chi connectivity index (χ4v) is 4.71. The second kappa shape index (κ2) is 7.95. The Kier molecular flexibility index (Phi) is 5.56. The smallest absolute Gasteiger partial charge is 0.387 e. The van der Waals surface area contributed by atoms with Crippen LogP contribution in [-0.2, 0) is 11.3 Å². The SMILES string of the molecule is O=C(C1CCC1)N1CC[C@@]2(O)CCN(Cc3cccc(OC(F)F)c3)C[C@H]2C1. The fourth-order valence-electron chi connectivity index (χ4n) is 4.71. The molecule has 28 heavy (non-hydrogen) atoms. The average molecular weight is 394 g/mol. The minimum absolute atomic E-state index is 0.0273. The summed E-state index contributed by atoms with van der Waals surface area (Å²) in [5, 5.41) is 11.1. The number of likely N-dealkylation sites (tertiary alicyclic amines) is 2. The van der Waals surface area contributed by atoms with Gasteiger partial charge in [-0.3, -0.25) is 9.69 Å². The third-order valence-electron chi connectivity index (χ3n) is 6.65. The summed E-state index contributed by atoms with van der Waals surface area (Å²) in [6.45, 7) is 0.492. The molecule has 0 spiro atoms. The number of hydrogen-bond donors (Lipinski definition) is 1. The van der Waals surface area contributed by atoms with Crippen molar-refractivity contribution >= 4 is 5.91 Å². The summed E-state index contributed by atoms with van der Waals surface area (Å²) in [5.74, 6) is 0.626. The van der Waals surface area contributed by atoms with Crippen molar-refractivity contribution in [3.63, 3.8) is 0 Å². The molecule has 2 aliphatic heterocycles. The molecule has 154 valence electrons. The Balaban J connectivity index is 1.38. The predicted molar refractivity (Wildman–Crippen MR) is 99.9 cm³/mol. The van der Waals surface area contributed by atoms with Crippen LogP contribution < -0.4 is 4.74 Å². The monoisotopic (exact) mass is 394 g/mol. The number of carbonyl (C=O) groups excluding carboxylic acids is 1. The van der Waals surface area contributed by atoms with Crippen molar-refractivity contribution < 1.29 is 23.4 Å². The Morgan fingerprint density at radius 2 is 2.04 bits per heavy atom. The molecule has 2 atom stereocenters. The summed E-state index contributed by atoms with van der Waals surface area (Å²) in [6.07, 6.45) is 4.44. The molecule has 3 aliphatic rings. The number of carbonyl (C=O) groups is 1. The summed E-state index contributed by atoms with van der Waals surface area (Å²) < 4.78 is 29.4. The van der Waals surface area contributed by atoms with Crippen molar-refractivity contribution in [1.82, 2.24) is 9.80 Å². The van der Waals surface area contributed by atoms with Crippen LogP contribution >= 0.6 is 0 Å². The van der Waals surface area contributed by atoms with Gasteiger partial charge in [-0.1, -0.05) is 18.6 Å².